The van der Waals surface area contributed by atoms with Crippen LogP contribution in [0.3, 0.4) is 0 Å². The fourth-order valence-electron chi connectivity index (χ4n) is 1.84. The molecule has 0 spiro atoms. The lowest BCUT2D eigenvalue weighted by molar-refractivity contribution is 0.0902. The Labute approximate surface area is 112 Å². The van der Waals surface area contributed by atoms with Crippen LogP contribution in [0.2, 0.25) is 5.15 Å². The maximum absolute atomic E-state index is 11.9. The number of hydrogen-bond acceptors (Lipinski definition) is 3. The van der Waals surface area contributed by atoms with Crippen molar-refractivity contribution in [2.24, 2.45) is 5.41 Å². The zero-order chi connectivity index (χ0) is 13.8. The summed E-state index contributed by atoms with van der Waals surface area (Å²) in [5.41, 5.74) is 0.199. The zero-order valence-electron chi connectivity index (χ0n) is 10.9. The minimum Gasteiger partial charge on any atom is -0.393 e. The number of pyridine rings is 1. The summed E-state index contributed by atoms with van der Waals surface area (Å²) in [5.74, 6) is -0.244. The van der Waals surface area contributed by atoms with Crippen molar-refractivity contribution in [3.8, 4) is 0 Å². The van der Waals surface area contributed by atoms with Gasteiger partial charge in [-0.15, -0.1) is 0 Å². The first-order chi connectivity index (χ1) is 8.32. The molecule has 0 aromatic carbocycles. The first-order valence-corrected chi connectivity index (χ1v) is 6.26. The van der Waals surface area contributed by atoms with E-state index < -0.39 is 0 Å². The Morgan fingerprint density at radius 3 is 2.83 bits per heavy atom. The smallest absolute Gasteiger partial charge is 0.254 e. The molecule has 4 nitrogen and oxygen atoms in total. The Morgan fingerprint density at radius 2 is 2.28 bits per heavy atom. The predicted octanol–water partition coefficient (Wildman–Crippen LogP) is 2.26. The average Bonchev–Trinajstić information content (AvgIpc) is 2.25. The fourth-order valence-corrected chi connectivity index (χ4v) is 2.05. The zero-order valence-corrected chi connectivity index (χ0v) is 11.7. The number of nitrogens with one attached hydrogen (secondary N) is 1. The molecule has 1 heterocycles. The van der Waals surface area contributed by atoms with Crippen LogP contribution in [0.4, 0.5) is 0 Å². The van der Waals surface area contributed by atoms with E-state index in [0.717, 1.165) is 0 Å². The van der Waals surface area contributed by atoms with Crippen molar-refractivity contribution in [1.29, 1.82) is 0 Å². The second-order valence-corrected chi connectivity index (χ2v) is 5.60. The van der Waals surface area contributed by atoms with E-state index in [2.05, 4.69) is 10.3 Å². The normalized spacial score (nSPS) is 13.2. The van der Waals surface area contributed by atoms with Gasteiger partial charge >= 0.3 is 0 Å². The highest BCUT2D eigenvalue weighted by Crippen LogP contribution is 2.21. The Morgan fingerprint density at radius 1 is 1.61 bits per heavy atom. The molecular formula is C13H19ClN2O2. The van der Waals surface area contributed by atoms with Gasteiger partial charge in [-0.3, -0.25) is 4.79 Å². The Bertz CT molecular complexity index is 419. The van der Waals surface area contributed by atoms with E-state index in [1.807, 2.05) is 13.8 Å². The lowest BCUT2D eigenvalue weighted by Gasteiger charge is -2.26. The van der Waals surface area contributed by atoms with E-state index in [9.17, 15) is 9.90 Å². The third-order valence-corrected chi connectivity index (χ3v) is 2.88. The number of halogens is 1. The number of aliphatic hydroxyl groups excluding tert-OH is 1. The highest BCUT2D eigenvalue weighted by Gasteiger charge is 2.22. The highest BCUT2D eigenvalue weighted by molar-refractivity contribution is 6.32. The molecule has 0 fully saturated rings. The van der Waals surface area contributed by atoms with Crippen molar-refractivity contribution in [1.82, 2.24) is 10.3 Å². The van der Waals surface area contributed by atoms with Gasteiger partial charge in [0, 0.05) is 12.7 Å². The van der Waals surface area contributed by atoms with Gasteiger partial charge in [0.1, 0.15) is 5.15 Å². The molecule has 0 aliphatic heterocycles. The van der Waals surface area contributed by atoms with Gasteiger partial charge < -0.3 is 10.4 Å². The minimum absolute atomic E-state index is 0.168. The largest absolute Gasteiger partial charge is 0.393 e. The van der Waals surface area contributed by atoms with Crippen molar-refractivity contribution in [2.75, 3.05) is 6.54 Å². The van der Waals surface area contributed by atoms with E-state index in [1.54, 1.807) is 19.1 Å². The maximum Gasteiger partial charge on any atom is 0.254 e. The Balaban J connectivity index is 2.59. The van der Waals surface area contributed by atoms with Crippen molar-refractivity contribution < 1.29 is 9.90 Å². The Kier molecular flexibility index (Phi) is 5.11. The van der Waals surface area contributed by atoms with Crippen LogP contribution in [-0.2, 0) is 0 Å². The summed E-state index contributed by atoms with van der Waals surface area (Å²) < 4.78 is 0. The summed E-state index contributed by atoms with van der Waals surface area (Å²) in [5, 5.41) is 12.4. The average molecular weight is 271 g/mol. The summed E-state index contributed by atoms with van der Waals surface area (Å²) in [7, 11) is 0. The van der Waals surface area contributed by atoms with E-state index in [-0.39, 0.29) is 22.6 Å². The molecule has 1 aromatic heterocycles. The van der Waals surface area contributed by atoms with E-state index in [0.29, 0.717) is 18.5 Å². The van der Waals surface area contributed by atoms with Crippen LogP contribution >= 0.6 is 11.6 Å². The summed E-state index contributed by atoms with van der Waals surface area (Å²) in [4.78, 5) is 15.8. The van der Waals surface area contributed by atoms with E-state index in [1.165, 1.54) is 6.20 Å². The molecule has 1 rings (SSSR count). The third kappa shape index (κ3) is 4.63. The number of hydrogen-bond donors (Lipinski definition) is 2. The van der Waals surface area contributed by atoms with Crippen LogP contribution < -0.4 is 5.32 Å². The molecule has 0 aliphatic rings. The molecule has 0 saturated heterocycles. The summed E-state index contributed by atoms with van der Waals surface area (Å²) in [6.07, 6.45) is 1.77. The first kappa shape index (κ1) is 14.9. The standard InChI is InChI=1S/C13H19ClN2O2/c1-9(17)7-13(2,3)8-16-12(18)10-5-4-6-15-11(10)14/h4-6,9,17H,7-8H2,1-3H3,(H,16,18). The predicted molar refractivity (Wildman–Crippen MR) is 71.7 cm³/mol. The number of rotatable bonds is 5. The molecule has 2 N–H and O–H groups in total. The molecule has 0 bridgehead atoms. The summed E-state index contributed by atoms with van der Waals surface area (Å²) in [6.45, 7) is 6.19. The number of aromatic nitrogens is 1. The van der Waals surface area contributed by atoms with Crippen LogP contribution in [-0.4, -0.2) is 28.6 Å². The molecule has 0 aliphatic carbocycles. The van der Waals surface area contributed by atoms with E-state index >= 15 is 0 Å². The molecule has 5 heteroatoms. The molecule has 1 atom stereocenters. The van der Waals surface area contributed by atoms with Gasteiger partial charge in [0.15, 0.2) is 0 Å². The lowest BCUT2D eigenvalue weighted by atomic mass is 9.87. The maximum atomic E-state index is 11.9. The van der Waals surface area contributed by atoms with Crippen molar-refractivity contribution in [3.63, 3.8) is 0 Å². The fraction of sp³-hybridized carbons (Fsp3) is 0.538. The van der Waals surface area contributed by atoms with Gasteiger partial charge in [0.2, 0.25) is 0 Å². The molecule has 18 heavy (non-hydrogen) atoms. The van der Waals surface area contributed by atoms with Crippen LogP contribution in [0.15, 0.2) is 18.3 Å². The SMILES string of the molecule is CC(O)CC(C)(C)CNC(=O)c1cccnc1Cl. The topological polar surface area (TPSA) is 62.2 Å². The number of carbonyl (C=O) groups is 1. The second kappa shape index (κ2) is 6.16. The molecule has 1 unspecified atom stereocenters. The number of aliphatic hydroxyl groups is 1. The van der Waals surface area contributed by atoms with Gasteiger partial charge in [-0.25, -0.2) is 4.98 Å². The lowest BCUT2D eigenvalue weighted by Crippen LogP contribution is -2.35. The highest BCUT2D eigenvalue weighted by atomic mass is 35.5. The molecule has 1 amide bonds. The summed E-state index contributed by atoms with van der Waals surface area (Å²) >= 11 is 5.84. The van der Waals surface area contributed by atoms with Crippen molar-refractivity contribution in [3.05, 3.63) is 29.0 Å². The number of amides is 1. The number of carbonyl (C=O) groups excluding carboxylic acids is 1. The minimum atomic E-state index is -0.390. The van der Waals surface area contributed by atoms with Crippen LogP contribution in [0.5, 0.6) is 0 Å². The third-order valence-electron chi connectivity index (χ3n) is 2.58. The quantitative estimate of drug-likeness (QED) is 0.807. The van der Waals surface area contributed by atoms with Gasteiger partial charge in [-0.2, -0.15) is 0 Å². The summed E-state index contributed by atoms with van der Waals surface area (Å²) in [6, 6.07) is 3.30. The van der Waals surface area contributed by atoms with Crippen LogP contribution in [0, 0.1) is 5.41 Å². The Hall–Kier alpha value is -1.13. The monoisotopic (exact) mass is 270 g/mol. The van der Waals surface area contributed by atoms with Crippen molar-refractivity contribution in [2.45, 2.75) is 33.3 Å². The first-order valence-electron chi connectivity index (χ1n) is 5.88. The van der Waals surface area contributed by atoms with E-state index in [4.69, 9.17) is 11.6 Å². The molecule has 1 aromatic rings. The van der Waals surface area contributed by atoms with Crippen molar-refractivity contribution >= 4 is 17.5 Å². The molecule has 100 valence electrons. The van der Waals surface area contributed by atoms with Gasteiger partial charge in [0.25, 0.3) is 5.91 Å². The van der Waals surface area contributed by atoms with Gasteiger partial charge in [-0.05, 0) is 30.9 Å². The molecule has 0 radical (unpaired) electrons. The van der Waals surface area contributed by atoms with Gasteiger partial charge in [-0.1, -0.05) is 25.4 Å². The van der Waals surface area contributed by atoms with Gasteiger partial charge in [0.05, 0.1) is 11.7 Å². The van der Waals surface area contributed by atoms with Crippen LogP contribution in [0.25, 0.3) is 0 Å². The number of nitrogens with zero attached hydrogens (tertiary/aromatic N) is 1. The molecular weight excluding hydrogens is 252 g/mol. The molecule has 0 saturated carbocycles. The second-order valence-electron chi connectivity index (χ2n) is 5.24. The van der Waals surface area contributed by atoms with Crippen LogP contribution in [0.1, 0.15) is 37.6 Å².